The van der Waals surface area contributed by atoms with Crippen LogP contribution in [0.3, 0.4) is 0 Å². The van der Waals surface area contributed by atoms with Gasteiger partial charge in [-0.05, 0) is 25.7 Å². The Balaban J connectivity index is 1.91. The molecule has 3 aliphatic rings. The van der Waals surface area contributed by atoms with Crippen LogP contribution in [0.5, 0.6) is 0 Å². The van der Waals surface area contributed by atoms with Gasteiger partial charge in [-0.1, -0.05) is 13.3 Å². The van der Waals surface area contributed by atoms with E-state index in [1.165, 1.54) is 4.90 Å². The Labute approximate surface area is 153 Å². The number of hydrogen-bond donors (Lipinski definition) is 3. The van der Waals surface area contributed by atoms with E-state index in [0.717, 1.165) is 12.8 Å². The molecule has 3 fully saturated rings. The van der Waals surface area contributed by atoms with Gasteiger partial charge >= 0.3 is 0 Å². The van der Waals surface area contributed by atoms with Crippen LogP contribution in [-0.2, 0) is 19.1 Å². The highest BCUT2D eigenvalue weighted by Crippen LogP contribution is 2.58. The maximum Gasteiger partial charge on any atom is 0.245 e. The molecule has 3 heterocycles. The number of fused-ring (bicyclic) bond motifs is 1. The van der Waals surface area contributed by atoms with Crippen LogP contribution in [-0.4, -0.2) is 72.2 Å². The highest BCUT2D eigenvalue weighted by atomic mass is 16.5. The average Bonchev–Trinajstić information content (AvgIpc) is 3.27. The van der Waals surface area contributed by atoms with Crippen LogP contribution in [0.15, 0.2) is 0 Å². The van der Waals surface area contributed by atoms with Gasteiger partial charge in [0.2, 0.25) is 17.7 Å². The van der Waals surface area contributed by atoms with Gasteiger partial charge in [0, 0.05) is 26.7 Å². The van der Waals surface area contributed by atoms with Gasteiger partial charge in [-0.2, -0.15) is 0 Å². The Bertz CT molecular complexity index is 583. The van der Waals surface area contributed by atoms with Crippen molar-refractivity contribution < 1.29 is 24.2 Å². The second kappa shape index (κ2) is 7.52. The molecule has 2 bridgehead atoms. The van der Waals surface area contributed by atoms with Crippen LogP contribution in [0.1, 0.15) is 39.0 Å². The third kappa shape index (κ3) is 2.79. The summed E-state index contributed by atoms with van der Waals surface area (Å²) < 4.78 is 6.19. The molecule has 5 atom stereocenters. The number of unbranched alkanes of at least 4 members (excludes halogenated alkanes) is 1. The van der Waals surface area contributed by atoms with E-state index in [2.05, 4.69) is 10.6 Å². The fourth-order valence-corrected chi connectivity index (χ4v) is 4.89. The number of rotatable bonds is 8. The van der Waals surface area contributed by atoms with E-state index in [1.54, 1.807) is 7.05 Å². The number of aliphatic hydroxyl groups excluding tert-OH is 1. The summed E-state index contributed by atoms with van der Waals surface area (Å²) in [6.45, 7) is 2.82. The molecule has 0 radical (unpaired) electrons. The number of ether oxygens (including phenoxy) is 1. The van der Waals surface area contributed by atoms with Crippen LogP contribution in [0.4, 0.5) is 0 Å². The number of nitrogens with one attached hydrogen (secondary N) is 2. The second-order valence-electron chi connectivity index (χ2n) is 7.42. The Morgan fingerprint density at radius 2 is 2.12 bits per heavy atom. The Morgan fingerprint density at radius 3 is 2.77 bits per heavy atom. The fourth-order valence-electron chi connectivity index (χ4n) is 4.89. The van der Waals surface area contributed by atoms with E-state index in [-0.39, 0.29) is 37.0 Å². The van der Waals surface area contributed by atoms with Crippen LogP contribution in [0, 0.1) is 11.8 Å². The van der Waals surface area contributed by atoms with Crippen molar-refractivity contribution in [1.82, 2.24) is 15.5 Å². The number of carbonyl (C=O) groups excluding carboxylic acids is 3. The van der Waals surface area contributed by atoms with Crippen molar-refractivity contribution in [2.45, 2.75) is 56.8 Å². The van der Waals surface area contributed by atoms with Gasteiger partial charge in [-0.25, -0.2) is 0 Å². The normalized spacial score (nSPS) is 34.9. The number of hydrogen-bond acceptors (Lipinski definition) is 5. The lowest BCUT2D eigenvalue weighted by atomic mass is 9.70. The molecule has 3 saturated heterocycles. The molecule has 8 heteroatoms. The molecule has 26 heavy (non-hydrogen) atoms. The zero-order valence-electron chi connectivity index (χ0n) is 15.5. The number of nitrogens with zero attached hydrogens (tertiary/aromatic N) is 1. The maximum atomic E-state index is 13.2. The standard InChI is InChI=1S/C18H29N3O5/c1-3-4-8-20-16(24)14-18-7-6-11(26-18)12(15(23)19-2)13(18)17(25)21(14)9-5-10-22/h11-14,22H,3-10H2,1-2H3,(H,19,23)(H,20,24)/t11-,12+,13-,14?,18?/m0/s1. The van der Waals surface area contributed by atoms with E-state index in [0.29, 0.717) is 25.8 Å². The lowest BCUT2D eigenvalue weighted by Gasteiger charge is -2.33. The minimum Gasteiger partial charge on any atom is -0.396 e. The minimum atomic E-state index is -0.926. The molecule has 0 aliphatic carbocycles. The largest absolute Gasteiger partial charge is 0.396 e. The number of aliphatic hydroxyl groups is 1. The minimum absolute atomic E-state index is 0.0615. The first-order valence-corrected chi connectivity index (χ1v) is 9.60. The molecule has 2 unspecified atom stereocenters. The first-order chi connectivity index (χ1) is 12.5. The molecule has 8 nitrogen and oxygen atoms in total. The molecule has 0 aromatic rings. The molecule has 0 aromatic carbocycles. The van der Waals surface area contributed by atoms with E-state index in [1.807, 2.05) is 6.92 Å². The summed E-state index contributed by atoms with van der Waals surface area (Å²) in [4.78, 5) is 40.0. The SMILES string of the molecule is CCCCNC(=O)C1N(CCCO)C(=O)[C@@H]2[C@H](C(=O)NC)[C@@H]3CCC12O3. The van der Waals surface area contributed by atoms with Crippen LogP contribution in [0.25, 0.3) is 0 Å². The average molecular weight is 367 g/mol. The molecule has 146 valence electrons. The second-order valence-corrected chi connectivity index (χ2v) is 7.42. The van der Waals surface area contributed by atoms with Gasteiger partial charge in [0.25, 0.3) is 0 Å². The number of likely N-dealkylation sites (tertiary alicyclic amines) is 1. The predicted molar refractivity (Wildman–Crippen MR) is 93.0 cm³/mol. The highest BCUT2D eigenvalue weighted by Gasteiger charge is 2.74. The molecular weight excluding hydrogens is 338 g/mol. The molecule has 3 rings (SSSR count). The van der Waals surface area contributed by atoms with Crippen LogP contribution >= 0.6 is 0 Å². The summed E-state index contributed by atoms with van der Waals surface area (Å²) >= 11 is 0. The molecule has 0 aromatic heterocycles. The Morgan fingerprint density at radius 1 is 1.35 bits per heavy atom. The summed E-state index contributed by atoms with van der Waals surface area (Å²) in [6.07, 6.45) is 3.18. The smallest absolute Gasteiger partial charge is 0.245 e. The monoisotopic (exact) mass is 367 g/mol. The highest BCUT2D eigenvalue weighted by molar-refractivity contribution is 5.98. The van der Waals surface area contributed by atoms with Crippen LogP contribution < -0.4 is 10.6 Å². The van der Waals surface area contributed by atoms with Crippen LogP contribution in [0.2, 0.25) is 0 Å². The number of carbonyl (C=O) groups is 3. The van der Waals surface area contributed by atoms with Gasteiger partial charge < -0.3 is 25.4 Å². The van der Waals surface area contributed by atoms with E-state index in [4.69, 9.17) is 4.74 Å². The van der Waals surface area contributed by atoms with Crippen molar-refractivity contribution in [1.29, 1.82) is 0 Å². The molecular formula is C18H29N3O5. The Kier molecular flexibility index (Phi) is 5.53. The zero-order chi connectivity index (χ0) is 18.9. The van der Waals surface area contributed by atoms with Crippen molar-refractivity contribution in [3.63, 3.8) is 0 Å². The summed E-state index contributed by atoms with van der Waals surface area (Å²) in [7, 11) is 1.55. The maximum absolute atomic E-state index is 13.2. The third-order valence-corrected chi connectivity index (χ3v) is 5.98. The lowest BCUT2D eigenvalue weighted by Crippen LogP contribution is -2.55. The molecule has 3 aliphatic heterocycles. The first kappa shape index (κ1) is 19.1. The molecule has 1 spiro atoms. The van der Waals surface area contributed by atoms with Crippen molar-refractivity contribution >= 4 is 17.7 Å². The topological polar surface area (TPSA) is 108 Å². The van der Waals surface area contributed by atoms with Crippen molar-refractivity contribution in [2.24, 2.45) is 11.8 Å². The zero-order valence-corrected chi connectivity index (χ0v) is 15.5. The predicted octanol–water partition coefficient (Wildman–Crippen LogP) is -0.594. The summed E-state index contributed by atoms with van der Waals surface area (Å²) in [5, 5.41) is 14.7. The van der Waals surface area contributed by atoms with Gasteiger partial charge in [0.1, 0.15) is 11.6 Å². The number of amides is 3. The quantitative estimate of drug-likeness (QED) is 0.497. The summed E-state index contributed by atoms with van der Waals surface area (Å²) in [6, 6.07) is -0.733. The van der Waals surface area contributed by atoms with E-state index < -0.39 is 23.5 Å². The van der Waals surface area contributed by atoms with Gasteiger partial charge in [-0.3, -0.25) is 14.4 Å². The summed E-state index contributed by atoms with van der Waals surface area (Å²) in [5.41, 5.74) is -0.926. The van der Waals surface area contributed by atoms with E-state index in [9.17, 15) is 19.5 Å². The van der Waals surface area contributed by atoms with Crippen molar-refractivity contribution in [2.75, 3.05) is 26.7 Å². The summed E-state index contributed by atoms with van der Waals surface area (Å²) in [5.74, 6) is -1.80. The van der Waals surface area contributed by atoms with Crippen molar-refractivity contribution in [3.05, 3.63) is 0 Å². The first-order valence-electron chi connectivity index (χ1n) is 9.60. The molecule has 3 N–H and O–H groups in total. The molecule has 0 saturated carbocycles. The fraction of sp³-hybridized carbons (Fsp3) is 0.833. The van der Waals surface area contributed by atoms with Crippen molar-refractivity contribution in [3.8, 4) is 0 Å². The van der Waals surface area contributed by atoms with Gasteiger partial charge in [0.15, 0.2) is 0 Å². The third-order valence-electron chi connectivity index (χ3n) is 5.98. The lowest BCUT2D eigenvalue weighted by molar-refractivity contribution is -0.142. The molecule has 3 amide bonds. The van der Waals surface area contributed by atoms with E-state index >= 15 is 0 Å². The van der Waals surface area contributed by atoms with Gasteiger partial charge in [0.05, 0.1) is 17.9 Å². The van der Waals surface area contributed by atoms with Gasteiger partial charge in [-0.15, -0.1) is 0 Å². The Hall–Kier alpha value is -1.67.